The lowest BCUT2D eigenvalue weighted by molar-refractivity contribution is -0.148. The SMILES string of the molecule is CCOC(=O)[C@H](CCN)Cc1ccc(O)cc1. The third-order valence-electron chi connectivity index (χ3n) is 2.55. The van der Waals surface area contributed by atoms with Gasteiger partial charge in [-0.15, -0.1) is 0 Å². The second-order valence-electron chi connectivity index (χ2n) is 3.90. The molecule has 0 saturated carbocycles. The first-order chi connectivity index (χ1) is 8.17. The Morgan fingerprint density at radius 3 is 2.59 bits per heavy atom. The molecule has 0 fully saturated rings. The van der Waals surface area contributed by atoms with Crippen LogP contribution in [0.15, 0.2) is 24.3 Å². The average Bonchev–Trinajstić information content (AvgIpc) is 2.31. The molecule has 0 amide bonds. The van der Waals surface area contributed by atoms with E-state index in [0.717, 1.165) is 5.56 Å². The second-order valence-corrected chi connectivity index (χ2v) is 3.90. The third-order valence-corrected chi connectivity index (χ3v) is 2.55. The molecule has 94 valence electrons. The molecule has 1 aromatic carbocycles. The summed E-state index contributed by atoms with van der Waals surface area (Å²) in [6.07, 6.45) is 1.20. The summed E-state index contributed by atoms with van der Waals surface area (Å²) in [5, 5.41) is 9.18. The predicted octanol–water partition coefficient (Wildman–Crippen LogP) is 1.46. The zero-order chi connectivity index (χ0) is 12.7. The number of rotatable bonds is 6. The Bertz CT molecular complexity index is 348. The quantitative estimate of drug-likeness (QED) is 0.735. The summed E-state index contributed by atoms with van der Waals surface area (Å²) in [6.45, 7) is 2.63. The fourth-order valence-corrected chi connectivity index (χ4v) is 1.68. The maximum Gasteiger partial charge on any atom is 0.309 e. The highest BCUT2D eigenvalue weighted by molar-refractivity contribution is 5.72. The first kappa shape index (κ1) is 13.5. The summed E-state index contributed by atoms with van der Waals surface area (Å²) in [7, 11) is 0. The van der Waals surface area contributed by atoms with Crippen molar-refractivity contribution in [1.82, 2.24) is 0 Å². The van der Waals surface area contributed by atoms with Crippen molar-refractivity contribution in [2.45, 2.75) is 19.8 Å². The van der Waals surface area contributed by atoms with E-state index in [1.807, 2.05) is 0 Å². The standard InChI is InChI=1S/C13H19NO3/c1-2-17-13(16)11(7-8-14)9-10-3-5-12(15)6-4-10/h3-6,11,15H,2,7-9,14H2,1H3/t11-/m1/s1. The van der Waals surface area contributed by atoms with E-state index in [9.17, 15) is 9.90 Å². The highest BCUT2D eigenvalue weighted by atomic mass is 16.5. The topological polar surface area (TPSA) is 72.5 Å². The van der Waals surface area contributed by atoms with Gasteiger partial charge >= 0.3 is 5.97 Å². The number of hydrogen-bond donors (Lipinski definition) is 2. The maximum absolute atomic E-state index is 11.7. The van der Waals surface area contributed by atoms with Crippen LogP contribution in [0.5, 0.6) is 5.75 Å². The summed E-state index contributed by atoms with van der Waals surface area (Å²) in [4.78, 5) is 11.7. The summed E-state index contributed by atoms with van der Waals surface area (Å²) < 4.78 is 5.01. The first-order valence-electron chi connectivity index (χ1n) is 5.82. The Morgan fingerprint density at radius 1 is 1.41 bits per heavy atom. The fourth-order valence-electron chi connectivity index (χ4n) is 1.68. The Hall–Kier alpha value is -1.55. The van der Waals surface area contributed by atoms with Crippen molar-refractivity contribution in [2.24, 2.45) is 11.7 Å². The molecule has 1 atom stereocenters. The molecule has 0 aromatic heterocycles. The van der Waals surface area contributed by atoms with Crippen LogP contribution in [0.3, 0.4) is 0 Å². The molecule has 4 heteroatoms. The lowest BCUT2D eigenvalue weighted by Gasteiger charge is -2.14. The van der Waals surface area contributed by atoms with Crippen LogP contribution in [0, 0.1) is 5.92 Å². The van der Waals surface area contributed by atoms with Crippen molar-refractivity contribution in [2.75, 3.05) is 13.2 Å². The average molecular weight is 237 g/mol. The Kier molecular flexibility index (Phi) is 5.49. The van der Waals surface area contributed by atoms with Crippen LogP contribution in [0.2, 0.25) is 0 Å². The summed E-state index contributed by atoms with van der Waals surface area (Å²) in [5.74, 6) is -0.184. The monoisotopic (exact) mass is 237 g/mol. The summed E-state index contributed by atoms with van der Waals surface area (Å²) >= 11 is 0. The van der Waals surface area contributed by atoms with E-state index in [0.29, 0.717) is 26.0 Å². The van der Waals surface area contributed by atoms with Gasteiger partial charge in [-0.05, 0) is 44.0 Å². The van der Waals surface area contributed by atoms with Crippen molar-refractivity contribution >= 4 is 5.97 Å². The number of phenolic OH excluding ortho intramolecular Hbond substituents is 1. The van der Waals surface area contributed by atoms with E-state index >= 15 is 0 Å². The molecule has 4 nitrogen and oxygen atoms in total. The van der Waals surface area contributed by atoms with Crippen LogP contribution in [0.1, 0.15) is 18.9 Å². The van der Waals surface area contributed by atoms with Crippen LogP contribution in [0.25, 0.3) is 0 Å². The van der Waals surface area contributed by atoms with Gasteiger partial charge in [0.1, 0.15) is 5.75 Å². The van der Waals surface area contributed by atoms with E-state index in [1.165, 1.54) is 0 Å². The Labute approximate surface area is 101 Å². The minimum absolute atomic E-state index is 0.203. The van der Waals surface area contributed by atoms with E-state index < -0.39 is 0 Å². The number of phenols is 1. The van der Waals surface area contributed by atoms with Gasteiger partial charge in [0.15, 0.2) is 0 Å². The van der Waals surface area contributed by atoms with Gasteiger partial charge in [-0.3, -0.25) is 4.79 Å². The number of aromatic hydroxyl groups is 1. The van der Waals surface area contributed by atoms with Crippen molar-refractivity contribution in [3.05, 3.63) is 29.8 Å². The van der Waals surface area contributed by atoms with Crippen LogP contribution in [-0.4, -0.2) is 24.2 Å². The van der Waals surface area contributed by atoms with Crippen LogP contribution in [0.4, 0.5) is 0 Å². The molecule has 0 bridgehead atoms. The third kappa shape index (κ3) is 4.44. The van der Waals surface area contributed by atoms with Crippen LogP contribution < -0.4 is 5.73 Å². The molecule has 0 aliphatic rings. The van der Waals surface area contributed by atoms with E-state index in [1.54, 1.807) is 31.2 Å². The predicted molar refractivity (Wildman–Crippen MR) is 65.6 cm³/mol. The normalized spacial score (nSPS) is 12.1. The molecule has 0 saturated heterocycles. The van der Waals surface area contributed by atoms with Crippen molar-refractivity contribution in [1.29, 1.82) is 0 Å². The number of ether oxygens (including phenoxy) is 1. The van der Waals surface area contributed by atoms with Crippen molar-refractivity contribution < 1.29 is 14.6 Å². The summed E-state index contributed by atoms with van der Waals surface area (Å²) in [5.41, 5.74) is 6.49. The lowest BCUT2D eigenvalue weighted by atomic mass is 9.96. The van der Waals surface area contributed by atoms with Gasteiger partial charge in [0.2, 0.25) is 0 Å². The number of benzene rings is 1. The zero-order valence-electron chi connectivity index (χ0n) is 10.1. The fraction of sp³-hybridized carbons (Fsp3) is 0.462. The number of hydrogen-bond acceptors (Lipinski definition) is 4. The highest BCUT2D eigenvalue weighted by Gasteiger charge is 2.19. The highest BCUT2D eigenvalue weighted by Crippen LogP contribution is 2.16. The van der Waals surface area contributed by atoms with Gasteiger partial charge in [0.05, 0.1) is 12.5 Å². The number of esters is 1. The molecule has 1 rings (SSSR count). The van der Waals surface area contributed by atoms with E-state index in [-0.39, 0.29) is 17.6 Å². The van der Waals surface area contributed by atoms with Crippen LogP contribution >= 0.6 is 0 Å². The lowest BCUT2D eigenvalue weighted by Crippen LogP contribution is -2.23. The van der Waals surface area contributed by atoms with Crippen molar-refractivity contribution in [3.8, 4) is 5.75 Å². The molecular weight excluding hydrogens is 218 g/mol. The van der Waals surface area contributed by atoms with Crippen LogP contribution in [-0.2, 0) is 16.0 Å². The Balaban J connectivity index is 2.65. The van der Waals surface area contributed by atoms with Gasteiger partial charge in [0.25, 0.3) is 0 Å². The molecule has 0 radical (unpaired) electrons. The maximum atomic E-state index is 11.7. The van der Waals surface area contributed by atoms with Gasteiger partial charge in [-0.1, -0.05) is 12.1 Å². The number of carbonyl (C=O) groups excluding carboxylic acids is 1. The second kappa shape index (κ2) is 6.91. The smallest absolute Gasteiger partial charge is 0.309 e. The molecule has 3 N–H and O–H groups in total. The van der Waals surface area contributed by atoms with E-state index in [4.69, 9.17) is 10.5 Å². The van der Waals surface area contributed by atoms with Gasteiger partial charge in [-0.25, -0.2) is 0 Å². The van der Waals surface area contributed by atoms with Gasteiger partial charge in [0, 0.05) is 0 Å². The molecule has 17 heavy (non-hydrogen) atoms. The molecule has 1 aromatic rings. The molecule has 0 unspecified atom stereocenters. The number of nitrogens with two attached hydrogens (primary N) is 1. The minimum Gasteiger partial charge on any atom is -0.508 e. The first-order valence-corrected chi connectivity index (χ1v) is 5.82. The van der Waals surface area contributed by atoms with E-state index in [2.05, 4.69) is 0 Å². The zero-order valence-corrected chi connectivity index (χ0v) is 10.1. The van der Waals surface area contributed by atoms with Crippen molar-refractivity contribution in [3.63, 3.8) is 0 Å². The largest absolute Gasteiger partial charge is 0.508 e. The Morgan fingerprint density at radius 2 is 2.06 bits per heavy atom. The van der Waals surface area contributed by atoms with Gasteiger partial charge in [-0.2, -0.15) is 0 Å². The minimum atomic E-state index is -0.204. The molecule has 0 aliphatic carbocycles. The molecule has 0 spiro atoms. The molecule has 0 heterocycles. The van der Waals surface area contributed by atoms with Gasteiger partial charge < -0.3 is 15.6 Å². The number of carbonyl (C=O) groups is 1. The summed E-state index contributed by atoms with van der Waals surface area (Å²) in [6, 6.07) is 6.83. The molecule has 0 aliphatic heterocycles. The molecular formula is C13H19NO3.